The van der Waals surface area contributed by atoms with Crippen molar-refractivity contribution in [2.45, 2.75) is 28.9 Å². The van der Waals surface area contributed by atoms with E-state index in [1.54, 1.807) is 35.1 Å². The topological polar surface area (TPSA) is 94.2 Å². The standard InChI is InChI=1S/C18H17N5O3S2/c1-21-11-19-20-18(21)28-16-5-4-12(9-15(16)23(25)26)17(24)22-7-2-3-14(22)13-6-8-27-10-13/h4-6,8-11,14H,2-3,7H2,1H3. The summed E-state index contributed by atoms with van der Waals surface area (Å²) in [6, 6.07) is 6.69. The summed E-state index contributed by atoms with van der Waals surface area (Å²) < 4.78 is 1.68. The molecular weight excluding hydrogens is 398 g/mol. The quantitative estimate of drug-likeness (QED) is 0.463. The number of nitrogens with zero attached hydrogens (tertiary/aromatic N) is 5. The zero-order valence-electron chi connectivity index (χ0n) is 15.0. The van der Waals surface area contributed by atoms with E-state index in [0.29, 0.717) is 22.2 Å². The first-order valence-electron chi connectivity index (χ1n) is 8.68. The van der Waals surface area contributed by atoms with E-state index < -0.39 is 4.92 Å². The Balaban J connectivity index is 1.63. The van der Waals surface area contributed by atoms with Crippen LogP contribution in [0, 0.1) is 10.1 Å². The number of likely N-dealkylation sites (tertiary alicyclic amines) is 1. The summed E-state index contributed by atoms with van der Waals surface area (Å²) in [5.41, 5.74) is 1.35. The predicted octanol–water partition coefficient (Wildman–Crippen LogP) is 3.91. The molecule has 1 amide bonds. The van der Waals surface area contributed by atoms with Crippen LogP contribution in [0.3, 0.4) is 0 Å². The maximum Gasteiger partial charge on any atom is 0.284 e. The van der Waals surface area contributed by atoms with Crippen molar-refractivity contribution in [1.82, 2.24) is 19.7 Å². The van der Waals surface area contributed by atoms with Crippen molar-refractivity contribution in [2.24, 2.45) is 7.05 Å². The van der Waals surface area contributed by atoms with Gasteiger partial charge in [-0.1, -0.05) is 0 Å². The Morgan fingerprint density at radius 1 is 1.39 bits per heavy atom. The smallest absolute Gasteiger partial charge is 0.284 e. The Morgan fingerprint density at radius 2 is 2.25 bits per heavy atom. The molecule has 2 aromatic heterocycles. The zero-order chi connectivity index (χ0) is 19.7. The molecule has 0 radical (unpaired) electrons. The lowest BCUT2D eigenvalue weighted by atomic mass is 10.1. The Morgan fingerprint density at radius 3 is 2.93 bits per heavy atom. The average molecular weight is 416 g/mol. The van der Waals surface area contributed by atoms with Crippen LogP contribution in [-0.2, 0) is 7.05 Å². The summed E-state index contributed by atoms with van der Waals surface area (Å²) in [5.74, 6) is -0.174. The van der Waals surface area contributed by atoms with Crippen molar-refractivity contribution in [2.75, 3.05) is 6.54 Å². The van der Waals surface area contributed by atoms with E-state index in [9.17, 15) is 14.9 Å². The number of aryl methyl sites for hydroxylation is 1. The summed E-state index contributed by atoms with van der Waals surface area (Å²) in [4.78, 5) is 26.5. The molecule has 4 rings (SSSR count). The molecule has 3 aromatic rings. The summed E-state index contributed by atoms with van der Waals surface area (Å²) >= 11 is 2.76. The molecule has 1 unspecified atom stereocenters. The minimum Gasteiger partial charge on any atom is -0.332 e. The third kappa shape index (κ3) is 3.52. The summed E-state index contributed by atoms with van der Waals surface area (Å²) in [7, 11) is 1.77. The number of aromatic nitrogens is 3. The van der Waals surface area contributed by atoms with Gasteiger partial charge in [0.2, 0.25) is 0 Å². The largest absolute Gasteiger partial charge is 0.332 e. The third-order valence-electron chi connectivity index (χ3n) is 4.72. The van der Waals surface area contributed by atoms with Crippen LogP contribution >= 0.6 is 23.1 Å². The van der Waals surface area contributed by atoms with Crippen molar-refractivity contribution in [3.8, 4) is 0 Å². The van der Waals surface area contributed by atoms with Gasteiger partial charge >= 0.3 is 0 Å². The summed E-state index contributed by atoms with van der Waals surface area (Å²) in [5, 5.41) is 23.9. The van der Waals surface area contributed by atoms with E-state index in [1.165, 1.54) is 12.4 Å². The zero-order valence-corrected chi connectivity index (χ0v) is 16.7. The normalized spacial score (nSPS) is 16.5. The van der Waals surface area contributed by atoms with Crippen molar-refractivity contribution in [3.63, 3.8) is 0 Å². The van der Waals surface area contributed by atoms with Crippen LogP contribution in [0.1, 0.15) is 34.8 Å². The lowest BCUT2D eigenvalue weighted by Crippen LogP contribution is -2.30. The van der Waals surface area contributed by atoms with Crippen LogP contribution in [0.5, 0.6) is 0 Å². The molecule has 10 heteroatoms. The van der Waals surface area contributed by atoms with Crippen LogP contribution in [0.2, 0.25) is 0 Å². The van der Waals surface area contributed by atoms with Gasteiger partial charge in [0, 0.05) is 25.2 Å². The SMILES string of the molecule is Cn1cnnc1Sc1ccc(C(=O)N2CCCC2c2ccsc2)cc1[N+](=O)[O-]. The van der Waals surface area contributed by atoms with Crippen LogP contribution in [-0.4, -0.2) is 37.0 Å². The van der Waals surface area contributed by atoms with Crippen molar-refractivity contribution < 1.29 is 9.72 Å². The molecule has 0 aliphatic carbocycles. The van der Waals surface area contributed by atoms with Gasteiger partial charge in [0.1, 0.15) is 6.33 Å². The molecule has 8 nitrogen and oxygen atoms in total. The van der Waals surface area contributed by atoms with Gasteiger partial charge in [0.05, 0.1) is 15.9 Å². The van der Waals surface area contributed by atoms with E-state index in [2.05, 4.69) is 15.6 Å². The number of nitro benzene ring substituents is 1. The molecule has 0 saturated carbocycles. The second-order valence-electron chi connectivity index (χ2n) is 6.48. The predicted molar refractivity (Wildman–Crippen MR) is 106 cm³/mol. The maximum absolute atomic E-state index is 13.1. The number of carbonyl (C=O) groups excluding carboxylic acids is 1. The molecule has 1 fully saturated rings. The molecule has 1 aliphatic heterocycles. The first kappa shape index (κ1) is 18.6. The Kier molecular flexibility index (Phi) is 5.14. The minimum atomic E-state index is -0.462. The Bertz CT molecular complexity index is 1020. The van der Waals surface area contributed by atoms with Crippen LogP contribution < -0.4 is 0 Å². The van der Waals surface area contributed by atoms with Crippen LogP contribution in [0.4, 0.5) is 5.69 Å². The fraction of sp³-hybridized carbons (Fsp3) is 0.278. The lowest BCUT2D eigenvalue weighted by molar-refractivity contribution is -0.387. The summed E-state index contributed by atoms with van der Waals surface area (Å²) in [6.45, 7) is 0.655. The fourth-order valence-corrected chi connectivity index (χ4v) is 4.89. The molecule has 3 heterocycles. The van der Waals surface area contributed by atoms with Gasteiger partial charge in [0.15, 0.2) is 5.16 Å². The Hall–Kier alpha value is -2.72. The van der Waals surface area contributed by atoms with Crippen LogP contribution in [0.15, 0.2) is 51.4 Å². The van der Waals surface area contributed by atoms with Gasteiger partial charge in [-0.3, -0.25) is 14.9 Å². The van der Waals surface area contributed by atoms with Gasteiger partial charge in [0.25, 0.3) is 11.6 Å². The van der Waals surface area contributed by atoms with Crippen molar-refractivity contribution in [1.29, 1.82) is 0 Å². The highest BCUT2D eigenvalue weighted by Gasteiger charge is 2.32. The highest BCUT2D eigenvalue weighted by Crippen LogP contribution is 2.37. The number of nitro groups is 1. The van der Waals surface area contributed by atoms with Crippen molar-refractivity contribution >= 4 is 34.7 Å². The van der Waals surface area contributed by atoms with Gasteiger partial charge < -0.3 is 9.47 Å². The second-order valence-corrected chi connectivity index (χ2v) is 8.27. The average Bonchev–Trinajstić information content (AvgIpc) is 3.43. The molecule has 1 aromatic carbocycles. The molecule has 0 bridgehead atoms. The van der Waals surface area contributed by atoms with Crippen molar-refractivity contribution in [3.05, 3.63) is 62.6 Å². The highest BCUT2D eigenvalue weighted by molar-refractivity contribution is 7.99. The fourth-order valence-electron chi connectivity index (χ4n) is 3.33. The molecule has 1 atom stereocenters. The van der Waals surface area contributed by atoms with E-state index >= 15 is 0 Å². The maximum atomic E-state index is 13.1. The molecular formula is C18H17N5O3S2. The molecule has 1 aliphatic rings. The number of rotatable bonds is 5. The molecule has 0 spiro atoms. The first-order valence-corrected chi connectivity index (χ1v) is 10.4. The van der Waals surface area contributed by atoms with Crippen LogP contribution in [0.25, 0.3) is 0 Å². The first-order chi connectivity index (χ1) is 13.5. The monoisotopic (exact) mass is 415 g/mol. The van der Waals surface area contributed by atoms with E-state index in [1.807, 2.05) is 16.3 Å². The summed E-state index contributed by atoms with van der Waals surface area (Å²) in [6.07, 6.45) is 3.36. The number of carbonyl (C=O) groups is 1. The Labute approximate surface area is 169 Å². The highest BCUT2D eigenvalue weighted by atomic mass is 32.2. The minimum absolute atomic E-state index is 0.0329. The second kappa shape index (κ2) is 7.72. The number of thiophene rings is 1. The lowest BCUT2D eigenvalue weighted by Gasteiger charge is -2.24. The third-order valence-corrected chi connectivity index (χ3v) is 6.53. The van der Waals surface area contributed by atoms with E-state index in [0.717, 1.165) is 30.2 Å². The van der Waals surface area contributed by atoms with Gasteiger partial charge in [-0.2, -0.15) is 11.3 Å². The molecule has 1 saturated heterocycles. The van der Waals surface area contributed by atoms with Gasteiger partial charge in [-0.25, -0.2) is 0 Å². The number of hydrogen-bond donors (Lipinski definition) is 0. The van der Waals surface area contributed by atoms with E-state index in [4.69, 9.17) is 0 Å². The molecule has 144 valence electrons. The number of amides is 1. The molecule has 28 heavy (non-hydrogen) atoms. The van der Waals surface area contributed by atoms with Gasteiger partial charge in [-0.05, 0) is 59.1 Å². The van der Waals surface area contributed by atoms with E-state index in [-0.39, 0.29) is 17.6 Å². The number of benzene rings is 1. The molecule has 0 N–H and O–H groups in total. The number of hydrogen-bond acceptors (Lipinski definition) is 7. The van der Waals surface area contributed by atoms with Gasteiger partial charge in [-0.15, -0.1) is 10.2 Å².